The van der Waals surface area contributed by atoms with Gasteiger partial charge in [-0.25, -0.2) is 0 Å². The predicted octanol–water partition coefficient (Wildman–Crippen LogP) is -3.82. The van der Waals surface area contributed by atoms with E-state index >= 15 is 0 Å². The molecular formula is C17H22B7N. The van der Waals surface area contributed by atoms with Gasteiger partial charge in [0.15, 0.2) is 7.85 Å². The van der Waals surface area contributed by atoms with Crippen LogP contribution in [0.15, 0.2) is 48.5 Å². The molecule has 0 aliphatic carbocycles. The van der Waals surface area contributed by atoms with Gasteiger partial charge in [0.2, 0.25) is 0 Å². The summed E-state index contributed by atoms with van der Waals surface area (Å²) < 4.78 is 0. The summed E-state index contributed by atoms with van der Waals surface area (Å²) in [6, 6.07) is 17.7. The number of benzene rings is 2. The quantitative estimate of drug-likeness (QED) is 0.452. The van der Waals surface area contributed by atoms with Crippen LogP contribution >= 0.6 is 0 Å². The minimum absolute atomic E-state index is 0.107. The summed E-state index contributed by atoms with van der Waals surface area (Å²) in [5.41, 5.74) is 6.10. The van der Waals surface area contributed by atoms with Gasteiger partial charge in [0.1, 0.15) is 0 Å². The highest BCUT2D eigenvalue weighted by atomic mass is 14.7. The Kier molecular flexibility index (Phi) is 4.51. The first kappa shape index (κ1) is 18.1. The molecule has 1 aromatic heterocycles. The summed E-state index contributed by atoms with van der Waals surface area (Å²) in [5.74, 6) is 0. The standard InChI is InChI=1S/C17H22B7N/c18-14-7-9-3-1-2-4-13(9)15(25-14)10-5-11(16(19,20)21)8-12(6-10)17(22,23)24/h1-8H,18-24H2. The molecule has 0 spiro atoms. The molecule has 0 aliphatic heterocycles. The summed E-state index contributed by atoms with van der Waals surface area (Å²) in [7, 11) is 15.7. The van der Waals surface area contributed by atoms with Crippen LogP contribution in [-0.2, 0) is 10.2 Å². The van der Waals surface area contributed by atoms with E-state index in [1.54, 1.807) is 0 Å². The van der Waals surface area contributed by atoms with Crippen molar-refractivity contribution in [3.05, 3.63) is 59.7 Å². The molecule has 0 bridgehead atoms. The highest BCUT2D eigenvalue weighted by Gasteiger charge is 2.21. The Labute approximate surface area is 157 Å². The van der Waals surface area contributed by atoms with Gasteiger partial charge in [0.05, 0.1) is 52.8 Å². The van der Waals surface area contributed by atoms with E-state index in [0.717, 1.165) is 11.3 Å². The maximum atomic E-state index is 4.92. The third-order valence-electron chi connectivity index (χ3n) is 4.81. The Morgan fingerprint density at radius 1 is 0.720 bits per heavy atom. The molecule has 25 heavy (non-hydrogen) atoms. The summed E-state index contributed by atoms with van der Waals surface area (Å²) in [6.07, 6.45) is 0. The maximum Gasteiger partial charge on any atom is 0.163 e. The van der Waals surface area contributed by atoms with Crippen LogP contribution in [0.25, 0.3) is 22.0 Å². The van der Waals surface area contributed by atoms with Crippen molar-refractivity contribution in [2.75, 3.05) is 0 Å². The molecule has 0 saturated heterocycles. The van der Waals surface area contributed by atoms with Gasteiger partial charge in [-0.15, -0.1) is 0 Å². The molecule has 0 aliphatic rings. The van der Waals surface area contributed by atoms with Gasteiger partial charge in [-0.2, -0.15) is 0 Å². The molecule has 0 amide bonds. The van der Waals surface area contributed by atoms with Crippen LogP contribution in [-0.4, -0.2) is 59.9 Å². The summed E-state index contributed by atoms with van der Waals surface area (Å²) in [4.78, 5) is 4.92. The average Bonchev–Trinajstić information content (AvgIpc) is 2.52. The fourth-order valence-electron chi connectivity index (χ4n) is 3.18. The van der Waals surface area contributed by atoms with Crippen molar-refractivity contribution in [2.45, 2.75) is 10.2 Å². The van der Waals surface area contributed by atoms with Crippen LogP contribution in [0.1, 0.15) is 11.1 Å². The van der Waals surface area contributed by atoms with Crippen molar-refractivity contribution in [3.8, 4) is 11.3 Å². The lowest BCUT2D eigenvalue weighted by Gasteiger charge is -2.26. The average molecular weight is 316 g/mol. The molecule has 3 aromatic rings. The highest BCUT2D eigenvalue weighted by molar-refractivity contribution is 6.60. The monoisotopic (exact) mass is 317 g/mol. The smallest absolute Gasteiger partial charge is 0.163 e. The van der Waals surface area contributed by atoms with Crippen LogP contribution in [0.2, 0.25) is 0 Å². The molecule has 1 nitrogen and oxygen atoms in total. The zero-order valence-corrected chi connectivity index (χ0v) is 16.6. The van der Waals surface area contributed by atoms with Gasteiger partial charge in [-0.3, -0.25) is 4.98 Å². The molecule has 0 unspecified atom stereocenters. The number of hydrogen-bond acceptors (Lipinski definition) is 1. The normalized spacial score (nSPS) is 12.3. The SMILES string of the molecule is Bc1cc2ccccc2c(-c2cc(C(B)(B)B)cc(C(B)(B)B)c2)n1. The van der Waals surface area contributed by atoms with Crippen molar-refractivity contribution < 1.29 is 0 Å². The first-order chi connectivity index (χ1) is 11.6. The lowest BCUT2D eigenvalue weighted by molar-refractivity contribution is 1.16. The van der Waals surface area contributed by atoms with Crippen molar-refractivity contribution >= 4 is 71.3 Å². The molecule has 0 N–H and O–H groups in total. The lowest BCUT2D eigenvalue weighted by Crippen LogP contribution is -2.31. The Hall–Kier alpha value is -1.70. The van der Waals surface area contributed by atoms with Crippen LogP contribution < -0.4 is 5.59 Å². The van der Waals surface area contributed by atoms with Gasteiger partial charge in [0.25, 0.3) is 0 Å². The molecule has 116 valence electrons. The zero-order chi connectivity index (χ0) is 18.4. The Balaban J connectivity index is 2.34. The van der Waals surface area contributed by atoms with Gasteiger partial charge >= 0.3 is 0 Å². The van der Waals surface area contributed by atoms with E-state index in [-0.39, 0.29) is 10.2 Å². The van der Waals surface area contributed by atoms with E-state index in [2.05, 4.69) is 103 Å². The van der Waals surface area contributed by atoms with Gasteiger partial charge < -0.3 is 0 Å². The highest BCUT2D eigenvalue weighted by Crippen LogP contribution is 2.31. The van der Waals surface area contributed by atoms with Gasteiger partial charge in [-0.05, 0) is 17.0 Å². The molecule has 3 rings (SSSR count). The molecule has 0 atom stereocenters. The third-order valence-corrected chi connectivity index (χ3v) is 4.81. The van der Waals surface area contributed by atoms with Crippen molar-refractivity contribution in [3.63, 3.8) is 0 Å². The Bertz CT molecular complexity index is 910. The molecule has 1 heterocycles. The van der Waals surface area contributed by atoms with Crippen molar-refractivity contribution in [2.24, 2.45) is 0 Å². The molecular weight excluding hydrogens is 294 g/mol. The Morgan fingerprint density at radius 2 is 1.28 bits per heavy atom. The van der Waals surface area contributed by atoms with Crippen LogP contribution in [0.5, 0.6) is 0 Å². The molecule has 0 fully saturated rings. The van der Waals surface area contributed by atoms with E-state index in [1.807, 2.05) is 0 Å². The van der Waals surface area contributed by atoms with E-state index in [0.29, 0.717) is 0 Å². The molecule has 2 aromatic carbocycles. The van der Waals surface area contributed by atoms with E-state index < -0.39 is 0 Å². The lowest BCUT2D eigenvalue weighted by atomic mass is 9.37. The molecule has 0 radical (unpaired) electrons. The topological polar surface area (TPSA) is 12.9 Å². The first-order valence-corrected chi connectivity index (χ1v) is 9.08. The summed E-state index contributed by atoms with van der Waals surface area (Å²) in [5, 5.41) is 2.69. The number of nitrogens with zero attached hydrogens (tertiary/aromatic N) is 1. The fourth-order valence-corrected chi connectivity index (χ4v) is 3.18. The molecule has 0 saturated carbocycles. The second-order valence-corrected chi connectivity index (χ2v) is 9.13. The van der Waals surface area contributed by atoms with Crippen LogP contribution in [0, 0.1) is 0 Å². The number of hydrogen-bond donors (Lipinski definition) is 0. The van der Waals surface area contributed by atoms with Crippen LogP contribution in [0.4, 0.5) is 0 Å². The third kappa shape index (κ3) is 3.78. The van der Waals surface area contributed by atoms with Crippen LogP contribution in [0.3, 0.4) is 0 Å². The summed E-state index contributed by atoms with van der Waals surface area (Å²) >= 11 is 0. The summed E-state index contributed by atoms with van der Waals surface area (Å²) in [6.45, 7) is 0. The number of aromatic nitrogens is 1. The van der Waals surface area contributed by atoms with E-state index in [9.17, 15) is 0 Å². The minimum Gasteiger partial charge on any atom is -0.263 e. The van der Waals surface area contributed by atoms with Gasteiger partial charge in [-0.1, -0.05) is 63.8 Å². The van der Waals surface area contributed by atoms with Crippen molar-refractivity contribution in [1.29, 1.82) is 0 Å². The number of rotatable bonds is 3. The second-order valence-electron chi connectivity index (χ2n) is 9.13. The fraction of sp³-hybridized carbons (Fsp3) is 0.118. The Morgan fingerprint density at radius 3 is 1.84 bits per heavy atom. The number of fused-ring (bicyclic) bond motifs is 1. The van der Waals surface area contributed by atoms with Gasteiger partial charge in [0, 0.05) is 10.9 Å². The van der Waals surface area contributed by atoms with E-state index in [1.165, 1.54) is 27.5 Å². The largest absolute Gasteiger partial charge is 0.263 e. The zero-order valence-electron chi connectivity index (χ0n) is 16.6. The number of pyridine rings is 1. The minimum atomic E-state index is 0.107. The molecule has 8 heteroatoms. The van der Waals surface area contributed by atoms with E-state index in [4.69, 9.17) is 4.98 Å². The maximum absolute atomic E-state index is 4.92. The second kappa shape index (κ2) is 6.23. The first-order valence-electron chi connectivity index (χ1n) is 9.08. The van der Waals surface area contributed by atoms with Crippen molar-refractivity contribution in [1.82, 2.24) is 4.98 Å². The predicted molar refractivity (Wildman–Crippen MR) is 130 cm³/mol.